The first-order valence-electron chi connectivity index (χ1n) is 7.30. The van der Waals surface area contributed by atoms with Crippen molar-refractivity contribution in [1.82, 2.24) is 20.0 Å². The standard InChI is InChI=1S/C16H22N4.ClH/c1-19-13-14(11-18-19)7-9-20-10-8-17-12-16(20)15-5-3-2-4-6-15;/h2-6,11,13,16-17H,7-10,12H2,1H3;1H. The molecule has 114 valence electrons. The van der Waals surface area contributed by atoms with Gasteiger partial charge in [0.2, 0.25) is 0 Å². The van der Waals surface area contributed by atoms with Crippen molar-refractivity contribution in [3.8, 4) is 0 Å². The maximum Gasteiger partial charge on any atom is 0.0522 e. The van der Waals surface area contributed by atoms with E-state index in [9.17, 15) is 0 Å². The first kappa shape index (κ1) is 16.0. The predicted molar refractivity (Wildman–Crippen MR) is 87.8 cm³/mol. The first-order chi connectivity index (χ1) is 9.83. The van der Waals surface area contributed by atoms with Crippen LogP contribution >= 0.6 is 12.4 Å². The Morgan fingerprint density at radius 1 is 1.29 bits per heavy atom. The number of aromatic nitrogens is 2. The minimum absolute atomic E-state index is 0. The van der Waals surface area contributed by atoms with Crippen molar-refractivity contribution in [2.24, 2.45) is 7.05 Å². The lowest BCUT2D eigenvalue weighted by Gasteiger charge is -2.36. The Bertz CT molecular complexity index is 540. The van der Waals surface area contributed by atoms with E-state index >= 15 is 0 Å². The second-order valence-electron chi connectivity index (χ2n) is 5.44. The lowest BCUT2D eigenvalue weighted by molar-refractivity contribution is 0.164. The SMILES string of the molecule is Cl.Cn1cc(CCN2CCNCC2c2ccccc2)cn1. The number of aryl methyl sites for hydroxylation is 1. The molecule has 4 nitrogen and oxygen atoms in total. The van der Waals surface area contributed by atoms with Crippen molar-refractivity contribution in [2.45, 2.75) is 12.5 Å². The van der Waals surface area contributed by atoms with Gasteiger partial charge in [-0.15, -0.1) is 12.4 Å². The lowest BCUT2D eigenvalue weighted by Crippen LogP contribution is -2.46. The Labute approximate surface area is 132 Å². The van der Waals surface area contributed by atoms with Crippen molar-refractivity contribution in [1.29, 1.82) is 0 Å². The monoisotopic (exact) mass is 306 g/mol. The number of nitrogens with one attached hydrogen (secondary N) is 1. The van der Waals surface area contributed by atoms with Crippen molar-refractivity contribution >= 4 is 12.4 Å². The summed E-state index contributed by atoms with van der Waals surface area (Å²) in [6, 6.07) is 11.3. The molecule has 1 aromatic heterocycles. The van der Waals surface area contributed by atoms with E-state index < -0.39 is 0 Å². The summed E-state index contributed by atoms with van der Waals surface area (Å²) in [6.45, 7) is 4.32. The molecule has 5 heteroatoms. The molecule has 0 amide bonds. The van der Waals surface area contributed by atoms with E-state index in [4.69, 9.17) is 0 Å². The van der Waals surface area contributed by atoms with Gasteiger partial charge in [0.1, 0.15) is 0 Å². The first-order valence-corrected chi connectivity index (χ1v) is 7.30. The molecule has 1 atom stereocenters. The molecule has 2 heterocycles. The Hall–Kier alpha value is -1.36. The highest BCUT2D eigenvalue weighted by atomic mass is 35.5. The van der Waals surface area contributed by atoms with Gasteiger partial charge in [-0.3, -0.25) is 9.58 Å². The number of benzene rings is 1. The fraction of sp³-hybridized carbons (Fsp3) is 0.438. The Morgan fingerprint density at radius 3 is 2.81 bits per heavy atom. The second kappa shape index (κ2) is 7.59. The van der Waals surface area contributed by atoms with Crippen LogP contribution in [-0.2, 0) is 13.5 Å². The third kappa shape index (κ3) is 4.06. The topological polar surface area (TPSA) is 33.1 Å². The molecule has 21 heavy (non-hydrogen) atoms. The molecule has 1 fully saturated rings. The molecule has 2 aromatic rings. The van der Waals surface area contributed by atoms with Crippen molar-refractivity contribution in [3.05, 3.63) is 53.9 Å². The fourth-order valence-corrected chi connectivity index (χ4v) is 2.89. The van der Waals surface area contributed by atoms with Crippen molar-refractivity contribution in [3.63, 3.8) is 0 Å². The number of hydrogen-bond donors (Lipinski definition) is 1. The van der Waals surface area contributed by atoms with Crippen LogP contribution in [0.5, 0.6) is 0 Å². The Balaban J connectivity index is 0.00000161. The Morgan fingerprint density at radius 2 is 2.10 bits per heavy atom. The zero-order valence-electron chi connectivity index (χ0n) is 12.4. The average Bonchev–Trinajstić information content (AvgIpc) is 2.92. The molecule has 1 aromatic carbocycles. The van der Waals surface area contributed by atoms with Crippen LogP contribution in [0.2, 0.25) is 0 Å². The normalized spacial score (nSPS) is 19.2. The van der Waals surface area contributed by atoms with Gasteiger partial charge in [0, 0.05) is 45.5 Å². The second-order valence-corrected chi connectivity index (χ2v) is 5.44. The molecular formula is C16H23ClN4. The zero-order valence-corrected chi connectivity index (χ0v) is 13.2. The van der Waals surface area contributed by atoms with E-state index in [1.807, 2.05) is 17.9 Å². The molecule has 0 spiro atoms. The molecule has 0 saturated carbocycles. The summed E-state index contributed by atoms with van der Waals surface area (Å²) in [5.41, 5.74) is 2.73. The van der Waals surface area contributed by atoms with Gasteiger partial charge < -0.3 is 5.32 Å². The molecule has 3 rings (SSSR count). The van der Waals surface area contributed by atoms with Crippen LogP contribution in [-0.4, -0.2) is 40.9 Å². The van der Waals surface area contributed by atoms with Crippen LogP contribution in [0.25, 0.3) is 0 Å². The van der Waals surface area contributed by atoms with E-state index in [0.29, 0.717) is 6.04 Å². The molecule has 0 aliphatic carbocycles. The third-order valence-electron chi connectivity index (χ3n) is 3.98. The zero-order chi connectivity index (χ0) is 13.8. The molecule has 1 aliphatic rings. The van der Waals surface area contributed by atoms with Gasteiger partial charge in [-0.25, -0.2) is 0 Å². The highest BCUT2D eigenvalue weighted by molar-refractivity contribution is 5.85. The summed E-state index contributed by atoms with van der Waals surface area (Å²) in [5.74, 6) is 0. The maximum absolute atomic E-state index is 4.24. The number of piperazine rings is 1. The van der Waals surface area contributed by atoms with Crippen LogP contribution in [0.1, 0.15) is 17.2 Å². The van der Waals surface area contributed by atoms with Gasteiger partial charge in [-0.05, 0) is 17.5 Å². The Kier molecular flexibility index (Phi) is 5.79. The fourth-order valence-electron chi connectivity index (χ4n) is 2.89. The van der Waals surface area contributed by atoms with E-state index in [2.05, 4.69) is 51.8 Å². The summed E-state index contributed by atoms with van der Waals surface area (Å²) < 4.78 is 1.88. The van der Waals surface area contributed by atoms with Crippen LogP contribution in [0, 0.1) is 0 Å². The van der Waals surface area contributed by atoms with Crippen LogP contribution in [0.15, 0.2) is 42.7 Å². The minimum Gasteiger partial charge on any atom is -0.314 e. The summed E-state index contributed by atoms with van der Waals surface area (Å²) in [6.07, 6.45) is 5.15. The number of hydrogen-bond acceptors (Lipinski definition) is 3. The largest absolute Gasteiger partial charge is 0.314 e. The summed E-state index contributed by atoms with van der Waals surface area (Å²) >= 11 is 0. The van der Waals surface area contributed by atoms with Crippen LogP contribution in [0.3, 0.4) is 0 Å². The van der Waals surface area contributed by atoms with Crippen molar-refractivity contribution in [2.75, 3.05) is 26.2 Å². The highest BCUT2D eigenvalue weighted by Crippen LogP contribution is 2.22. The van der Waals surface area contributed by atoms with Crippen LogP contribution < -0.4 is 5.32 Å². The highest BCUT2D eigenvalue weighted by Gasteiger charge is 2.23. The van der Waals surface area contributed by atoms with Gasteiger partial charge in [-0.2, -0.15) is 5.10 Å². The molecule has 0 bridgehead atoms. The summed E-state index contributed by atoms with van der Waals surface area (Å²) in [7, 11) is 1.97. The van der Waals surface area contributed by atoms with Crippen LogP contribution in [0.4, 0.5) is 0 Å². The third-order valence-corrected chi connectivity index (χ3v) is 3.98. The number of rotatable bonds is 4. The molecular weight excluding hydrogens is 284 g/mol. The minimum atomic E-state index is 0. The van der Waals surface area contributed by atoms with Gasteiger partial charge in [0.05, 0.1) is 6.20 Å². The smallest absolute Gasteiger partial charge is 0.0522 e. The predicted octanol–water partition coefficient (Wildman–Crippen LogP) is 2.03. The van der Waals surface area contributed by atoms with E-state index in [1.54, 1.807) is 0 Å². The van der Waals surface area contributed by atoms with Gasteiger partial charge >= 0.3 is 0 Å². The van der Waals surface area contributed by atoms with Gasteiger partial charge in [-0.1, -0.05) is 30.3 Å². The van der Waals surface area contributed by atoms with Crippen molar-refractivity contribution < 1.29 is 0 Å². The van der Waals surface area contributed by atoms with Gasteiger partial charge in [0.15, 0.2) is 0 Å². The number of halogens is 1. The molecule has 1 unspecified atom stereocenters. The lowest BCUT2D eigenvalue weighted by atomic mass is 10.0. The van der Waals surface area contributed by atoms with E-state index in [0.717, 1.165) is 32.6 Å². The molecule has 0 radical (unpaired) electrons. The molecule has 1 N–H and O–H groups in total. The number of nitrogens with zero attached hydrogens (tertiary/aromatic N) is 3. The van der Waals surface area contributed by atoms with Gasteiger partial charge in [0.25, 0.3) is 0 Å². The average molecular weight is 307 g/mol. The summed E-state index contributed by atoms with van der Waals surface area (Å²) in [4.78, 5) is 2.58. The quantitative estimate of drug-likeness (QED) is 0.938. The summed E-state index contributed by atoms with van der Waals surface area (Å²) in [5, 5.41) is 7.75. The molecule has 1 saturated heterocycles. The van der Waals surface area contributed by atoms with E-state index in [-0.39, 0.29) is 12.4 Å². The maximum atomic E-state index is 4.24. The molecule has 1 aliphatic heterocycles. The van der Waals surface area contributed by atoms with E-state index in [1.165, 1.54) is 11.1 Å².